The van der Waals surface area contributed by atoms with E-state index in [1.165, 1.54) is 18.2 Å². The summed E-state index contributed by atoms with van der Waals surface area (Å²) in [4.78, 5) is 0. The van der Waals surface area contributed by atoms with E-state index in [1.807, 2.05) is 12.1 Å². The van der Waals surface area contributed by atoms with Gasteiger partial charge in [-0.1, -0.05) is 92.8 Å². The van der Waals surface area contributed by atoms with Gasteiger partial charge in [0.2, 0.25) is 0 Å². The zero-order chi connectivity index (χ0) is 31.8. The second-order valence-corrected chi connectivity index (χ2v) is 11.4. The first-order valence-electron chi connectivity index (χ1n) is 15.4. The molecule has 45 heavy (non-hydrogen) atoms. The van der Waals surface area contributed by atoms with Crippen molar-refractivity contribution in [3.63, 3.8) is 0 Å². The highest BCUT2D eigenvalue weighted by atomic mass is 19.2. The molecule has 0 aromatic heterocycles. The first kappa shape index (κ1) is 32.1. The molecule has 0 amide bonds. The van der Waals surface area contributed by atoms with Crippen LogP contribution >= 0.6 is 0 Å². The van der Waals surface area contributed by atoms with Crippen LogP contribution in [-0.2, 0) is 12.8 Å². The molecule has 5 aromatic rings. The molecule has 0 N–H and O–H groups in total. The Hall–Kier alpha value is -4.32. The van der Waals surface area contributed by atoms with Gasteiger partial charge in [-0.3, -0.25) is 0 Å². The Morgan fingerprint density at radius 2 is 0.689 bits per heavy atom. The lowest BCUT2D eigenvalue weighted by molar-refractivity contribution is 0.509. The van der Waals surface area contributed by atoms with E-state index in [4.69, 9.17) is 0 Å². The van der Waals surface area contributed by atoms with Crippen LogP contribution < -0.4 is 0 Å². The highest BCUT2D eigenvalue weighted by Gasteiger charge is 2.11. The van der Waals surface area contributed by atoms with Crippen molar-refractivity contribution in [2.24, 2.45) is 0 Å². The van der Waals surface area contributed by atoms with Crippen molar-refractivity contribution < 1.29 is 26.3 Å². The summed E-state index contributed by atoms with van der Waals surface area (Å²) in [6.45, 7) is 0. The third-order valence-electron chi connectivity index (χ3n) is 8.18. The summed E-state index contributed by atoms with van der Waals surface area (Å²) in [5, 5.41) is 0. The minimum Gasteiger partial charge on any atom is -0.206 e. The maximum Gasteiger partial charge on any atom is 0.159 e. The van der Waals surface area contributed by atoms with Gasteiger partial charge in [0.1, 0.15) is 11.6 Å². The van der Waals surface area contributed by atoms with E-state index in [0.717, 1.165) is 98.7 Å². The molecule has 5 aromatic carbocycles. The first-order chi connectivity index (χ1) is 21.8. The summed E-state index contributed by atoms with van der Waals surface area (Å²) in [6.07, 6.45) is 8.89. The molecule has 0 aliphatic rings. The molecule has 232 valence electrons. The third kappa shape index (κ3) is 8.44. The Kier molecular flexibility index (Phi) is 10.8. The van der Waals surface area contributed by atoms with Crippen LogP contribution in [-0.4, -0.2) is 0 Å². The number of aryl methyl sites for hydroxylation is 2. The van der Waals surface area contributed by atoms with Gasteiger partial charge >= 0.3 is 0 Å². The van der Waals surface area contributed by atoms with Gasteiger partial charge < -0.3 is 0 Å². The minimum absolute atomic E-state index is 0.255. The van der Waals surface area contributed by atoms with Crippen LogP contribution in [0, 0.1) is 34.9 Å². The quantitative estimate of drug-likeness (QED) is 0.0912. The average Bonchev–Trinajstić information content (AvgIpc) is 3.03. The van der Waals surface area contributed by atoms with Crippen LogP contribution in [0.5, 0.6) is 0 Å². The molecular formula is C39H34F6. The molecule has 5 rings (SSSR count). The number of hydrogen-bond acceptors (Lipinski definition) is 0. The van der Waals surface area contributed by atoms with Gasteiger partial charge in [0.15, 0.2) is 23.3 Å². The number of rotatable bonds is 13. The van der Waals surface area contributed by atoms with Crippen LogP contribution in [0.1, 0.15) is 56.1 Å². The van der Waals surface area contributed by atoms with E-state index in [0.29, 0.717) is 22.3 Å². The molecule has 0 fully saturated rings. The lowest BCUT2D eigenvalue weighted by Gasteiger charge is -2.09. The fourth-order valence-electron chi connectivity index (χ4n) is 5.62. The van der Waals surface area contributed by atoms with E-state index >= 15 is 0 Å². The van der Waals surface area contributed by atoms with Crippen molar-refractivity contribution in [2.45, 2.75) is 57.8 Å². The van der Waals surface area contributed by atoms with Crippen molar-refractivity contribution in [1.29, 1.82) is 0 Å². The number of unbranched alkanes of at least 4 members (excludes halogenated alkanes) is 6. The zero-order valence-corrected chi connectivity index (χ0v) is 24.9. The third-order valence-corrected chi connectivity index (χ3v) is 8.18. The maximum absolute atomic E-state index is 14.9. The van der Waals surface area contributed by atoms with Crippen molar-refractivity contribution >= 4 is 0 Å². The summed E-state index contributed by atoms with van der Waals surface area (Å²) in [6, 6.07) is 24.5. The maximum atomic E-state index is 14.9. The predicted octanol–water partition coefficient (Wildman–Crippen LogP) is 12.0. The molecule has 0 unspecified atom stereocenters. The van der Waals surface area contributed by atoms with Gasteiger partial charge in [-0.2, -0.15) is 0 Å². The SMILES string of the molecule is Fc1ccc(-c2ccc(-c3ccc(CCCCCCCCCc4ccc(-c5ccc(F)c(F)c5)c(F)c4)cc3F)cc2)cc1F. The molecule has 6 heteroatoms. The molecule has 0 aliphatic heterocycles. The Balaban J connectivity index is 0.991. The lowest BCUT2D eigenvalue weighted by atomic mass is 9.97. The van der Waals surface area contributed by atoms with Gasteiger partial charge in [-0.05, 0) is 95.5 Å². The predicted molar refractivity (Wildman–Crippen MR) is 169 cm³/mol. The van der Waals surface area contributed by atoms with E-state index in [-0.39, 0.29) is 11.4 Å². The Morgan fingerprint density at radius 1 is 0.289 bits per heavy atom. The van der Waals surface area contributed by atoms with E-state index in [9.17, 15) is 26.3 Å². The minimum atomic E-state index is -0.996. The van der Waals surface area contributed by atoms with Gasteiger partial charge in [-0.25, -0.2) is 26.3 Å². The molecule has 0 nitrogen and oxygen atoms in total. The summed E-state index contributed by atoms with van der Waals surface area (Å²) in [5.74, 6) is -4.47. The van der Waals surface area contributed by atoms with Gasteiger partial charge in [0.25, 0.3) is 0 Å². The van der Waals surface area contributed by atoms with Crippen molar-refractivity contribution in [3.8, 4) is 33.4 Å². The normalized spacial score (nSPS) is 11.2. The smallest absolute Gasteiger partial charge is 0.159 e. The highest BCUT2D eigenvalue weighted by Crippen LogP contribution is 2.29. The van der Waals surface area contributed by atoms with Crippen molar-refractivity contribution in [3.05, 3.63) is 143 Å². The second kappa shape index (κ2) is 15.1. The fraction of sp³-hybridized carbons (Fsp3) is 0.231. The van der Waals surface area contributed by atoms with Crippen molar-refractivity contribution in [1.82, 2.24) is 0 Å². The largest absolute Gasteiger partial charge is 0.206 e. The van der Waals surface area contributed by atoms with Crippen LogP contribution in [0.3, 0.4) is 0 Å². The highest BCUT2D eigenvalue weighted by molar-refractivity contribution is 5.71. The Labute approximate surface area is 260 Å². The van der Waals surface area contributed by atoms with E-state index in [2.05, 4.69) is 0 Å². The molecule has 0 saturated heterocycles. The topological polar surface area (TPSA) is 0 Å². The van der Waals surface area contributed by atoms with Crippen molar-refractivity contribution in [2.75, 3.05) is 0 Å². The molecule has 0 aliphatic carbocycles. The van der Waals surface area contributed by atoms with Crippen LogP contribution in [0.2, 0.25) is 0 Å². The van der Waals surface area contributed by atoms with Crippen LogP contribution in [0.25, 0.3) is 33.4 Å². The Morgan fingerprint density at radius 3 is 1.18 bits per heavy atom. The second-order valence-electron chi connectivity index (χ2n) is 11.4. The summed E-state index contributed by atoms with van der Waals surface area (Å²) in [5.41, 5.74) is 4.90. The van der Waals surface area contributed by atoms with E-state index < -0.39 is 29.1 Å². The van der Waals surface area contributed by atoms with Crippen LogP contribution in [0.15, 0.2) is 97.1 Å². The summed E-state index contributed by atoms with van der Waals surface area (Å²) >= 11 is 0. The Bertz CT molecular complexity index is 1740. The molecule has 0 saturated carbocycles. The first-order valence-corrected chi connectivity index (χ1v) is 15.4. The summed E-state index contributed by atoms with van der Waals surface area (Å²) in [7, 11) is 0. The summed E-state index contributed by atoms with van der Waals surface area (Å²) < 4.78 is 83.0. The molecule has 0 heterocycles. The molecule has 0 bridgehead atoms. The monoisotopic (exact) mass is 616 g/mol. The lowest BCUT2D eigenvalue weighted by Crippen LogP contribution is -1.92. The van der Waals surface area contributed by atoms with Gasteiger partial charge in [-0.15, -0.1) is 0 Å². The number of halogens is 6. The molecule has 0 radical (unpaired) electrons. The standard InChI is InChI=1S/C39H34F6/c40-34-20-16-30(24-38(34)44)28-12-14-29(15-13-28)32-18-10-26(22-36(32)42)8-6-4-2-1-3-5-7-9-27-11-19-33(37(43)23-27)31-17-21-35(41)39(45)25-31/h10-25H,1-9H2. The van der Waals surface area contributed by atoms with Crippen LogP contribution in [0.4, 0.5) is 26.3 Å². The number of hydrogen-bond donors (Lipinski definition) is 0. The van der Waals surface area contributed by atoms with Gasteiger partial charge in [0, 0.05) is 11.1 Å². The van der Waals surface area contributed by atoms with Gasteiger partial charge in [0.05, 0.1) is 0 Å². The molecular weight excluding hydrogens is 582 g/mol. The molecule has 0 atom stereocenters. The average molecular weight is 617 g/mol. The zero-order valence-electron chi connectivity index (χ0n) is 24.9. The molecule has 0 spiro atoms. The number of benzene rings is 5. The fourth-order valence-corrected chi connectivity index (χ4v) is 5.62. The van der Waals surface area contributed by atoms with E-state index in [1.54, 1.807) is 42.5 Å².